The Morgan fingerprint density at radius 3 is 2.53 bits per heavy atom. The summed E-state index contributed by atoms with van der Waals surface area (Å²) in [6.07, 6.45) is 4.69. The molecule has 2 aromatic carbocycles. The summed E-state index contributed by atoms with van der Waals surface area (Å²) >= 11 is 7.73. The van der Waals surface area contributed by atoms with Crippen molar-refractivity contribution in [2.24, 2.45) is 0 Å². The number of fused-ring (bicyclic) bond motifs is 2. The highest BCUT2D eigenvalue weighted by Crippen LogP contribution is 2.41. The standard InChI is InChI=1S/C24H20ClN3O2S.C4H10O/c1-14-10-20-23(22(19(14)11-21(29)30)15-2-4-18(25)5-3-15)31-24(27-20)28-9-7-16-12-26-8-6-17(16)13-28;1-4(2,3)5/h2-6,8,10,12H,7,9,11,13H2,1H3,(H,29,30);5H,1-3H3. The van der Waals surface area contributed by atoms with Crippen LogP contribution in [-0.4, -0.2) is 38.3 Å². The van der Waals surface area contributed by atoms with Crippen LogP contribution in [0.1, 0.15) is 43.0 Å². The first-order valence-corrected chi connectivity index (χ1v) is 13.0. The van der Waals surface area contributed by atoms with Gasteiger partial charge in [-0.3, -0.25) is 9.78 Å². The number of carboxylic acids is 1. The molecule has 8 heteroatoms. The van der Waals surface area contributed by atoms with Gasteiger partial charge in [-0.1, -0.05) is 35.1 Å². The summed E-state index contributed by atoms with van der Waals surface area (Å²) in [6, 6.07) is 11.7. The van der Waals surface area contributed by atoms with Crippen molar-refractivity contribution >= 4 is 44.3 Å². The van der Waals surface area contributed by atoms with Crippen LogP contribution in [-0.2, 0) is 24.2 Å². The Morgan fingerprint density at radius 2 is 1.86 bits per heavy atom. The second kappa shape index (κ2) is 10.5. The molecular weight excluding hydrogens is 494 g/mol. The van der Waals surface area contributed by atoms with Crippen LogP contribution in [0.4, 0.5) is 5.13 Å². The number of aryl methyl sites for hydroxylation is 1. The number of halogens is 1. The minimum atomic E-state index is -0.844. The number of nitrogens with zero attached hydrogens (tertiary/aromatic N) is 3. The fourth-order valence-corrected chi connectivity index (χ4v) is 5.49. The van der Waals surface area contributed by atoms with Gasteiger partial charge in [-0.05, 0) is 86.2 Å². The lowest BCUT2D eigenvalue weighted by Gasteiger charge is -2.27. The zero-order valence-corrected chi connectivity index (χ0v) is 22.5. The molecule has 6 nitrogen and oxygen atoms in total. The number of anilines is 1. The molecule has 0 radical (unpaired) electrons. The van der Waals surface area contributed by atoms with E-state index in [1.807, 2.05) is 49.6 Å². The lowest BCUT2D eigenvalue weighted by atomic mass is 9.93. The summed E-state index contributed by atoms with van der Waals surface area (Å²) in [5.74, 6) is -0.844. The highest BCUT2D eigenvalue weighted by molar-refractivity contribution is 7.22. The fraction of sp³-hybridized carbons (Fsp3) is 0.321. The van der Waals surface area contributed by atoms with Gasteiger partial charge in [0.1, 0.15) is 0 Å². The van der Waals surface area contributed by atoms with Gasteiger partial charge in [-0.25, -0.2) is 4.98 Å². The second-order valence-corrected chi connectivity index (χ2v) is 11.4. The predicted molar refractivity (Wildman–Crippen MR) is 147 cm³/mol. The van der Waals surface area contributed by atoms with Gasteiger partial charge < -0.3 is 15.1 Å². The maximum Gasteiger partial charge on any atom is 0.307 e. The topological polar surface area (TPSA) is 86.6 Å². The van der Waals surface area contributed by atoms with Gasteiger partial charge in [0, 0.05) is 36.1 Å². The molecule has 2 aromatic heterocycles. The van der Waals surface area contributed by atoms with E-state index < -0.39 is 11.6 Å². The van der Waals surface area contributed by atoms with Crippen LogP contribution in [0.3, 0.4) is 0 Å². The highest BCUT2D eigenvalue weighted by atomic mass is 35.5. The Morgan fingerprint density at radius 1 is 1.17 bits per heavy atom. The Kier molecular flexibility index (Phi) is 7.64. The van der Waals surface area contributed by atoms with Crippen molar-refractivity contribution in [2.45, 2.75) is 52.7 Å². The van der Waals surface area contributed by atoms with Crippen molar-refractivity contribution in [2.75, 3.05) is 11.4 Å². The van der Waals surface area contributed by atoms with Crippen LogP contribution in [0.2, 0.25) is 5.02 Å². The monoisotopic (exact) mass is 523 g/mol. The van der Waals surface area contributed by atoms with Crippen LogP contribution in [0.15, 0.2) is 48.8 Å². The van der Waals surface area contributed by atoms with Gasteiger partial charge in [0.15, 0.2) is 5.13 Å². The fourth-order valence-electron chi connectivity index (χ4n) is 4.20. The lowest BCUT2D eigenvalue weighted by molar-refractivity contribution is -0.136. The summed E-state index contributed by atoms with van der Waals surface area (Å²) in [6.45, 7) is 8.87. The van der Waals surface area contributed by atoms with E-state index >= 15 is 0 Å². The number of hydrogen-bond donors (Lipinski definition) is 2. The Hall–Kier alpha value is -3.00. The normalized spacial score (nSPS) is 13.2. The van der Waals surface area contributed by atoms with Crippen molar-refractivity contribution < 1.29 is 15.0 Å². The third-order valence-electron chi connectivity index (χ3n) is 5.75. The van der Waals surface area contributed by atoms with E-state index in [9.17, 15) is 9.90 Å². The molecule has 0 spiro atoms. The molecule has 188 valence electrons. The molecule has 5 rings (SSSR count). The molecule has 0 atom stereocenters. The summed E-state index contributed by atoms with van der Waals surface area (Å²) in [7, 11) is 0. The minimum absolute atomic E-state index is 0.0307. The number of aliphatic carboxylic acids is 1. The third-order valence-corrected chi connectivity index (χ3v) is 7.15. The Bertz CT molecular complexity index is 1390. The molecule has 1 aliphatic rings. The molecular formula is C28H30ClN3O3S. The second-order valence-electron chi connectivity index (χ2n) is 9.96. The third kappa shape index (κ3) is 6.22. The summed E-state index contributed by atoms with van der Waals surface area (Å²) in [5, 5.41) is 19.7. The number of carboxylic acid groups (broad SMARTS) is 1. The quantitative estimate of drug-likeness (QED) is 0.327. The van der Waals surface area contributed by atoms with E-state index in [0.717, 1.165) is 57.1 Å². The Labute approximate surface area is 220 Å². The smallest absolute Gasteiger partial charge is 0.307 e. The molecule has 0 saturated carbocycles. The van der Waals surface area contributed by atoms with Crippen LogP contribution in [0, 0.1) is 6.92 Å². The van der Waals surface area contributed by atoms with Crippen molar-refractivity contribution in [3.8, 4) is 11.1 Å². The number of thiazole rings is 1. The molecule has 1 aliphatic heterocycles. The average Bonchev–Trinajstić information content (AvgIpc) is 3.22. The van der Waals surface area contributed by atoms with Crippen LogP contribution in [0.25, 0.3) is 21.3 Å². The Balaban J connectivity index is 0.000000556. The van der Waals surface area contributed by atoms with Crippen molar-refractivity contribution in [1.82, 2.24) is 9.97 Å². The van der Waals surface area contributed by atoms with Gasteiger partial charge in [0.2, 0.25) is 0 Å². The molecule has 36 heavy (non-hydrogen) atoms. The number of pyridine rings is 1. The van der Waals surface area contributed by atoms with E-state index in [1.165, 1.54) is 11.1 Å². The first-order chi connectivity index (χ1) is 17.0. The number of aliphatic hydroxyl groups is 1. The molecule has 0 amide bonds. The van der Waals surface area contributed by atoms with Crippen molar-refractivity contribution in [1.29, 1.82) is 0 Å². The molecule has 0 bridgehead atoms. The van der Waals surface area contributed by atoms with Crippen molar-refractivity contribution in [3.63, 3.8) is 0 Å². The van der Waals surface area contributed by atoms with Crippen molar-refractivity contribution in [3.05, 3.63) is 76.1 Å². The first-order valence-electron chi connectivity index (χ1n) is 11.8. The zero-order chi connectivity index (χ0) is 26.0. The number of rotatable bonds is 4. The predicted octanol–water partition coefficient (Wildman–Crippen LogP) is 6.29. The molecule has 0 fully saturated rings. The zero-order valence-electron chi connectivity index (χ0n) is 20.9. The largest absolute Gasteiger partial charge is 0.481 e. The van der Waals surface area contributed by atoms with Gasteiger partial charge in [0.05, 0.1) is 22.2 Å². The van der Waals surface area contributed by atoms with Gasteiger partial charge in [-0.2, -0.15) is 0 Å². The highest BCUT2D eigenvalue weighted by Gasteiger charge is 2.23. The molecule has 0 unspecified atom stereocenters. The van der Waals surface area contributed by atoms with Gasteiger partial charge >= 0.3 is 5.97 Å². The van der Waals surface area contributed by atoms with Crippen LogP contribution < -0.4 is 4.90 Å². The summed E-state index contributed by atoms with van der Waals surface area (Å²) in [5.41, 5.74) is 6.64. The number of carbonyl (C=O) groups is 1. The van der Waals surface area contributed by atoms with E-state index in [2.05, 4.69) is 16.0 Å². The van der Waals surface area contributed by atoms with Crippen LogP contribution in [0.5, 0.6) is 0 Å². The van der Waals surface area contributed by atoms with E-state index in [-0.39, 0.29) is 6.42 Å². The van der Waals surface area contributed by atoms with E-state index in [0.29, 0.717) is 5.02 Å². The number of hydrogen-bond acceptors (Lipinski definition) is 6. The summed E-state index contributed by atoms with van der Waals surface area (Å²) < 4.78 is 1.01. The maximum atomic E-state index is 11.6. The van der Waals surface area contributed by atoms with E-state index in [4.69, 9.17) is 21.7 Å². The SMILES string of the molecule is CC(C)(C)O.Cc1cc2nc(N3CCc4cnccc4C3)sc2c(-c2ccc(Cl)cc2)c1CC(=O)O. The number of aromatic nitrogens is 2. The maximum absolute atomic E-state index is 11.6. The first kappa shape index (κ1) is 26.1. The van der Waals surface area contributed by atoms with E-state index in [1.54, 1.807) is 32.1 Å². The lowest BCUT2D eigenvalue weighted by Crippen LogP contribution is -2.30. The van der Waals surface area contributed by atoms with Gasteiger partial charge in [0.25, 0.3) is 0 Å². The molecule has 0 saturated heterocycles. The average molecular weight is 524 g/mol. The molecule has 2 N–H and O–H groups in total. The molecule has 3 heterocycles. The van der Waals surface area contributed by atoms with Gasteiger partial charge in [-0.15, -0.1) is 0 Å². The van der Waals surface area contributed by atoms with Crippen LogP contribution >= 0.6 is 22.9 Å². The molecule has 0 aliphatic carbocycles. The number of benzene rings is 2. The molecule has 4 aromatic rings. The summed E-state index contributed by atoms with van der Waals surface area (Å²) in [4.78, 5) is 23.1. The minimum Gasteiger partial charge on any atom is -0.481 e.